The Kier molecular flexibility index (Phi) is 5.32. The van der Waals surface area contributed by atoms with Gasteiger partial charge in [-0.1, -0.05) is 42.5 Å². The summed E-state index contributed by atoms with van der Waals surface area (Å²) < 4.78 is 45.1. The summed E-state index contributed by atoms with van der Waals surface area (Å²) in [6, 6.07) is 18.7. The Bertz CT molecular complexity index is 987. The molecule has 0 aliphatic carbocycles. The summed E-state index contributed by atoms with van der Waals surface area (Å²) in [5, 5.41) is 0. The van der Waals surface area contributed by atoms with E-state index < -0.39 is 11.7 Å². The van der Waals surface area contributed by atoms with Crippen LogP contribution in [-0.4, -0.2) is 30.0 Å². The molecule has 0 N–H and O–H groups in total. The Hall–Kier alpha value is -2.80. The van der Waals surface area contributed by atoms with Gasteiger partial charge in [-0.15, -0.1) is 0 Å². The minimum Gasteiger partial charge on any atom is -0.459 e. The lowest BCUT2D eigenvalue weighted by Gasteiger charge is -2.40. The molecule has 1 saturated heterocycles. The third-order valence-corrected chi connectivity index (χ3v) is 5.38. The second-order valence-electron chi connectivity index (χ2n) is 6.92. The van der Waals surface area contributed by atoms with Gasteiger partial charge in [0.25, 0.3) is 0 Å². The van der Waals surface area contributed by atoms with Crippen LogP contribution < -0.4 is 4.90 Å². The average molecular weight is 416 g/mol. The number of alkyl halides is 3. The van der Waals surface area contributed by atoms with E-state index in [0.717, 1.165) is 30.9 Å². The Balaban J connectivity index is 1.61. The first-order valence-corrected chi connectivity index (χ1v) is 9.71. The fourth-order valence-electron chi connectivity index (χ4n) is 3.59. The molecule has 3 nitrogen and oxygen atoms in total. The fraction of sp³-hybridized carbons (Fsp3) is 0.227. The number of furan rings is 1. The third kappa shape index (κ3) is 4.15. The number of hydrogen-bond acceptors (Lipinski definition) is 3. The van der Waals surface area contributed by atoms with Gasteiger partial charge in [0.05, 0.1) is 11.1 Å². The van der Waals surface area contributed by atoms with Crippen LogP contribution in [0, 0.1) is 0 Å². The molecule has 0 radical (unpaired) electrons. The summed E-state index contributed by atoms with van der Waals surface area (Å²) >= 11 is 5.18. The molecule has 2 heterocycles. The molecule has 4 rings (SSSR count). The smallest absolute Gasteiger partial charge is 0.416 e. The number of para-hydroxylation sites is 1. The predicted molar refractivity (Wildman–Crippen MR) is 111 cm³/mol. The molecule has 150 valence electrons. The molecular formula is C22H19F3N2OS. The Morgan fingerprint density at radius 2 is 1.76 bits per heavy atom. The van der Waals surface area contributed by atoms with E-state index in [9.17, 15) is 13.2 Å². The number of hydrogen-bond donors (Lipinski definition) is 0. The normalized spacial score (nSPS) is 17.4. The average Bonchev–Trinajstić information content (AvgIpc) is 3.23. The molecule has 0 saturated carbocycles. The zero-order chi connectivity index (χ0) is 20.4. The van der Waals surface area contributed by atoms with Crippen LogP contribution in [0.2, 0.25) is 0 Å². The van der Waals surface area contributed by atoms with Crippen LogP contribution >= 0.6 is 12.2 Å². The van der Waals surface area contributed by atoms with E-state index in [1.807, 2.05) is 29.2 Å². The van der Waals surface area contributed by atoms with Crippen molar-refractivity contribution in [2.24, 2.45) is 0 Å². The molecule has 7 heteroatoms. The second-order valence-corrected chi connectivity index (χ2v) is 7.13. The molecule has 0 bridgehead atoms. The first kappa shape index (κ1) is 19.5. The topological polar surface area (TPSA) is 19.6 Å². The van der Waals surface area contributed by atoms with E-state index in [2.05, 4.69) is 17.0 Å². The van der Waals surface area contributed by atoms with Crippen molar-refractivity contribution in [2.45, 2.75) is 12.2 Å². The van der Waals surface area contributed by atoms with Crippen molar-refractivity contribution in [1.82, 2.24) is 4.90 Å². The highest BCUT2D eigenvalue weighted by Gasteiger charge is 2.31. The quantitative estimate of drug-likeness (QED) is 0.502. The highest BCUT2D eigenvalue weighted by molar-refractivity contribution is 7.78. The number of piperazine rings is 1. The number of anilines is 1. The van der Waals surface area contributed by atoms with Gasteiger partial charge in [-0.05, 0) is 36.4 Å². The van der Waals surface area contributed by atoms with Gasteiger partial charge < -0.3 is 14.2 Å². The number of benzene rings is 2. The van der Waals surface area contributed by atoms with Crippen molar-refractivity contribution in [1.29, 1.82) is 0 Å². The summed E-state index contributed by atoms with van der Waals surface area (Å²) in [5.41, 5.74) is 2.45. The maximum absolute atomic E-state index is 13.0. The number of thiocarbonyl (C=S) groups is 1. The molecular weight excluding hydrogens is 397 g/mol. The van der Waals surface area contributed by atoms with Crippen molar-refractivity contribution in [2.75, 3.05) is 24.5 Å². The lowest BCUT2D eigenvalue weighted by Crippen LogP contribution is -2.47. The van der Waals surface area contributed by atoms with Gasteiger partial charge in [0.15, 0.2) is 0 Å². The first-order valence-electron chi connectivity index (χ1n) is 9.24. The lowest BCUT2D eigenvalue weighted by atomic mass is 10.1. The summed E-state index contributed by atoms with van der Waals surface area (Å²) in [7, 11) is 0. The minimum atomic E-state index is -4.39. The number of rotatable bonds is 4. The third-order valence-electron chi connectivity index (χ3n) is 5.11. The zero-order valence-corrected chi connectivity index (χ0v) is 16.3. The summed E-state index contributed by atoms with van der Waals surface area (Å²) in [6.45, 7) is 2.24. The number of nitrogens with zero attached hydrogens (tertiary/aromatic N) is 2. The van der Waals surface area contributed by atoms with E-state index in [1.54, 1.807) is 17.6 Å². The predicted octanol–water partition coefficient (Wildman–Crippen LogP) is 5.79. The Labute approximate surface area is 172 Å². The summed E-state index contributed by atoms with van der Waals surface area (Å²) in [4.78, 5) is 4.29. The van der Waals surface area contributed by atoms with Gasteiger partial charge in [0, 0.05) is 30.9 Å². The highest BCUT2D eigenvalue weighted by atomic mass is 32.1. The van der Waals surface area contributed by atoms with Crippen LogP contribution in [-0.2, 0) is 6.18 Å². The van der Waals surface area contributed by atoms with E-state index in [-0.39, 0.29) is 6.04 Å². The molecule has 1 unspecified atom stereocenters. The standard InChI is InChI=1S/C22H19F3N2OS/c23-22(24,25)17-6-4-5-16(13-17)20-9-10-21(28-20)19-14-26(11-12-27(19)15-29)18-7-2-1-3-8-18/h1-10,13,15,19H,11-12,14H2. The second kappa shape index (κ2) is 7.91. The van der Waals surface area contributed by atoms with Crippen LogP contribution in [0.4, 0.5) is 18.9 Å². The van der Waals surface area contributed by atoms with Crippen molar-refractivity contribution in [3.05, 3.63) is 78.1 Å². The van der Waals surface area contributed by atoms with Gasteiger partial charge in [0.1, 0.15) is 17.6 Å². The van der Waals surface area contributed by atoms with Gasteiger partial charge in [-0.25, -0.2) is 0 Å². The van der Waals surface area contributed by atoms with Gasteiger partial charge >= 0.3 is 6.18 Å². The molecule has 1 aliphatic heterocycles. The van der Waals surface area contributed by atoms with Crippen LogP contribution in [0.3, 0.4) is 0 Å². The minimum absolute atomic E-state index is 0.110. The van der Waals surface area contributed by atoms with Crippen LogP contribution in [0.25, 0.3) is 11.3 Å². The summed E-state index contributed by atoms with van der Waals surface area (Å²) in [5.74, 6) is 1.09. The molecule has 1 atom stereocenters. The molecule has 1 aliphatic rings. The van der Waals surface area contributed by atoms with Crippen molar-refractivity contribution < 1.29 is 17.6 Å². The largest absolute Gasteiger partial charge is 0.459 e. The van der Waals surface area contributed by atoms with Crippen molar-refractivity contribution >= 4 is 23.4 Å². The first-order chi connectivity index (χ1) is 14.0. The van der Waals surface area contributed by atoms with Crippen LogP contribution in [0.15, 0.2) is 71.1 Å². The lowest BCUT2D eigenvalue weighted by molar-refractivity contribution is -0.137. The number of halogens is 3. The monoisotopic (exact) mass is 416 g/mol. The van der Waals surface area contributed by atoms with E-state index in [0.29, 0.717) is 23.6 Å². The Morgan fingerprint density at radius 1 is 0.966 bits per heavy atom. The van der Waals surface area contributed by atoms with Gasteiger partial charge in [0.2, 0.25) is 0 Å². The van der Waals surface area contributed by atoms with Gasteiger partial charge in [-0.3, -0.25) is 0 Å². The van der Waals surface area contributed by atoms with Crippen molar-refractivity contribution in [3.8, 4) is 11.3 Å². The molecule has 3 aromatic rings. The molecule has 0 spiro atoms. The molecule has 29 heavy (non-hydrogen) atoms. The fourth-order valence-corrected chi connectivity index (χ4v) is 3.84. The molecule has 0 amide bonds. The Morgan fingerprint density at radius 3 is 2.48 bits per heavy atom. The van der Waals surface area contributed by atoms with Gasteiger partial charge in [-0.2, -0.15) is 13.2 Å². The maximum atomic E-state index is 13.0. The van der Waals surface area contributed by atoms with E-state index in [4.69, 9.17) is 16.6 Å². The zero-order valence-electron chi connectivity index (χ0n) is 15.5. The van der Waals surface area contributed by atoms with Crippen LogP contribution in [0.5, 0.6) is 0 Å². The van der Waals surface area contributed by atoms with Crippen LogP contribution in [0.1, 0.15) is 17.4 Å². The van der Waals surface area contributed by atoms with E-state index in [1.165, 1.54) is 6.07 Å². The van der Waals surface area contributed by atoms with E-state index >= 15 is 0 Å². The molecule has 2 aromatic carbocycles. The molecule has 1 aromatic heterocycles. The van der Waals surface area contributed by atoms with Crippen molar-refractivity contribution in [3.63, 3.8) is 0 Å². The molecule has 1 fully saturated rings. The highest BCUT2D eigenvalue weighted by Crippen LogP contribution is 2.35. The SMILES string of the molecule is FC(F)(F)c1cccc(-c2ccc(C3CN(c4ccccc4)CCN3C=S)o2)c1. The maximum Gasteiger partial charge on any atom is 0.416 e. The summed E-state index contributed by atoms with van der Waals surface area (Å²) in [6.07, 6.45) is -4.39.